The van der Waals surface area contributed by atoms with Crippen LogP contribution in [0.4, 0.5) is 0 Å². The number of fused-ring (bicyclic) bond motifs is 1. The standard InChI is InChI=1S/C18H29NO.BrH/c1-2-3-4-5-6-7-13-19-16-11-12-17-15(14-16)9-8-10-18(17)20;/h8-10,16,19-20H,2-7,11-14H2,1H3;1H. The van der Waals surface area contributed by atoms with Gasteiger partial charge in [0.1, 0.15) is 5.75 Å². The first-order chi connectivity index (χ1) is 9.81. The highest BCUT2D eigenvalue weighted by molar-refractivity contribution is 8.93. The minimum atomic E-state index is 0. The maximum atomic E-state index is 9.84. The normalized spacial score (nSPS) is 17.1. The van der Waals surface area contributed by atoms with E-state index in [0.29, 0.717) is 11.8 Å². The van der Waals surface area contributed by atoms with E-state index >= 15 is 0 Å². The third-order valence-corrected chi connectivity index (χ3v) is 4.42. The molecule has 0 bridgehead atoms. The van der Waals surface area contributed by atoms with Gasteiger partial charge in [0.05, 0.1) is 0 Å². The van der Waals surface area contributed by atoms with Gasteiger partial charge in [0, 0.05) is 6.04 Å². The van der Waals surface area contributed by atoms with Gasteiger partial charge in [-0.25, -0.2) is 0 Å². The summed E-state index contributed by atoms with van der Waals surface area (Å²) in [4.78, 5) is 0. The molecule has 1 unspecified atom stereocenters. The van der Waals surface area contributed by atoms with E-state index in [-0.39, 0.29) is 17.0 Å². The van der Waals surface area contributed by atoms with Crippen LogP contribution in [0.2, 0.25) is 0 Å². The van der Waals surface area contributed by atoms with Crippen LogP contribution in [-0.2, 0) is 12.8 Å². The smallest absolute Gasteiger partial charge is 0.119 e. The van der Waals surface area contributed by atoms with Crippen molar-refractivity contribution in [3.8, 4) is 5.75 Å². The van der Waals surface area contributed by atoms with Crippen LogP contribution in [0.25, 0.3) is 0 Å². The van der Waals surface area contributed by atoms with Crippen molar-refractivity contribution in [2.45, 2.75) is 70.8 Å². The molecule has 0 fully saturated rings. The van der Waals surface area contributed by atoms with E-state index in [1.807, 2.05) is 12.1 Å². The quantitative estimate of drug-likeness (QED) is 0.657. The second kappa shape index (κ2) is 10.2. The molecule has 2 rings (SSSR count). The molecule has 1 aromatic carbocycles. The number of halogens is 1. The zero-order valence-corrected chi connectivity index (χ0v) is 14.9. The number of phenols is 1. The first-order valence-electron chi connectivity index (χ1n) is 8.34. The number of rotatable bonds is 8. The molecule has 2 nitrogen and oxygen atoms in total. The number of benzene rings is 1. The van der Waals surface area contributed by atoms with Crippen LogP contribution in [0.15, 0.2) is 18.2 Å². The molecular weight excluding hydrogens is 326 g/mol. The molecule has 120 valence electrons. The Hall–Kier alpha value is -0.540. The monoisotopic (exact) mass is 355 g/mol. The van der Waals surface area contributed by atoms with Gasteiger partial charge < -0.3 is 10.4 Å². The zero-order chi connectivity index (χ0) is 14.2. The molecule has 1 aliphatic carbocycles. The summed E-state index contributed by atoms with van der Waals surface area (Å²) in [5.74, 6) is 0.483. The van der Waals surface area contributed by atoms with Gasteiger partial charge in [-0.2, -0.15) is 0 Å². The average Bonchev–Trinajstić information content (AvgIpc) is 2.46. The van der Waals surface area contributed by atoms with Crippen LogP contribution in [0.3, 0.4) is 0 Å². The second-order valence-electron chi connectivity index (χ2n) is 6.08. The molecule has 1 aliphatic rings. The summed E-state index contributed by atoms with van der Waals surface area (Å²) < 4.78 is 0. The van der Waals surface area contributed by atoms with Crippen molar-refractivity contribution in [3.63, 3.8) is 0 Å². The highest BCUT2D eigenvalue weighted by Crippen LogP contribution is 2.28. The van der Waals surface area contributed by atoms with Crippen LogP contribution in [0.1, 0.15) is 63.0 Å². The van der Waals surface area contributed by atoms with Crippen LogP contribution < -0.4 is 5.32 Å². The highest BCUT2D eigenvalue weighted by Gasteiger charge is 2.19. The fraction of sp³-hybridized carbons (Fsp3) is 0.667. The first kappa shape index (κ1) is 18.5. The summed E-state index contributed by atoms with van der Waals surface area (Å²) in [5.41, 5.74) is 2.50. The third-order valence-electron chi connectivity index (χ3n) is 4.42. The fourth-order valence-electron chi connectivity index (χ4n) is 3.17. The van der Waals surface area contributed by atoms with Gasteiger partial charge >= 0.3 is 0 Å². The number of aromatic hydroxyl groups is 1. The van der Waals surface area contributed by atoms with Crippen molar-refractivity contribution in [3.05, 3.63) is 29.3 Å². The summed E-state index contributed by atoms with van der Waals surface area (Å²) in [6, 6.07) is 6.53. The lowest BCUT2D eigenvalue weighted by Crippen LogP contribution is -2.35. The molecule has 0 spiro atoms. The molecule has 0 saturated carbocycles. The van der Waals surface area contributed by atoms with Crippen molar-refractivity contribution < 1.29 is 5.11 Å². The molecule has 1 aromatic rings. The molecule has 1 atom stereocenters. The van der Waals surface area contributed by atoms with E-state index in [1.165, 1.54) is 49.7 Å². The lowest BCUT2D eigenvalue weighted by atomic mass is 9.87. The number of nitrogens with one attached hydrogen (secondary N) is 1. The Balaban J connectivity index is 0.00000220. The Morgan fingerprint density at radius 3 is 2.71 bits per heavy atom. The summed E-state index contributed by atoms with van der Waals surface area (Å²) in [7, 11) is 0. The van der Waals surface area contributed by atoms with Gasteiger partial charge in [0.15, 0.2) is 0 Å². The Morgan fingerprint density at radius 2 is 1.90 bits per heavy atom. The van der Waals surface area contributed by atoms with Gasteiger partial charge in [0.25, 0.3) is 0 Å². The summed E-state index contributed by atoms with van der Waals surface area (Å²) in [6.45, 7) is 3.41. The molecule has 0 saturated heterocycles. The molecular formula is C18H30BrNO. The summed E-state index contributed by atoms with van der Waals surface area (Å²) in [6.07, 6.45) is 11.4. The average molecular weight is 356 g/mol. The third kappa shape index (κ3) is 5.99. The Labute approximate surface area is 140 Å². The van der Waals surface area contributed by atoms with E-state index in [0.717, 1.165) is 25.8 Å². The second-order valence-corrected chi connectivity index (χ2v) is 6.08. The highest BCUT2D eigenvalue weighted by atomic mass is 79.9. The lowest BCUT2D eigenvalue weighted by molar-refractivity contribution is 0.426. The largest absolute Gasteiger partial charge is 0.508 e. The van der Waals surface area contributed by atoms with Gasteiger partial charge in [-0.3, -0.25) is 0 Å². The van der Waals surface area contributed by atoms with E-state index in [2.05, 4.69) is 18.3 Å². The van der Waals surface area contributed by atoms with Gasteiger partial charge in [-0.05, 0) is 49.4 Å². The SMILES string of the molecule is Br.CCCCCCCCNC1CCc2c(O)cccc2C1. The number of phenolic OH excluding ortho intramolecular Hbond substituents is 1. The first-order valence-corrected chi connectivity index (χ1v) is 8.34. The molecule has 0 aromatic heterocycles. The predicted octanol–water partition coefficient (Wildman–Crippen LogP) is 4.78. The van der Waals surface area contributed by atoms with Gasteiger partial charge in [-0.1, -0.05) is 51.2 Å². The van der Waals surface area contributed by atoms with Crippen LogP contribution in [-0.4, -0.2) is 17.7 Å². The van der Waals surface area contributed by atoms with E-state index < -0.39 is 0 Å². The fourth-order valence-corrected chi connectivity index (χ4v) is 3.17. The van der Waals surface area contributed by atoms with Gasteiger partial charge in [-0.15, -0.1) is 17.0 Å². The van der Waals surface area contributed by atoms with Crippen LogP contribution in [0.5, 0.6) is 5.75 Å². The zero-order valence-electron chi connectivity index (χ0n) is 13.2. The minimum Gasteiger partial charge on any atom is -0.508 e. The van der Waals surface area contributed by atoms with Crippen molar-refractivity contribution >= 4 is 17.0 Å². The number of unbranched alkanes of at least 4 members (excludes halogenated alkanes) is 5. The maximum absolute atomic E-state index is 9.84. The Morgan fingerprint density at radius 1 is 1.14 bits per heavy atom. The number of hydrogen-bond donors (Lipinski definition) is 2. The van der Waals surface area contributed by atoms with Crippen LogP contribution >= 0.6 is 17.0 Å². The van der Waals surface area contributed by atoms with Crippen molar-refractivity contribution in [1.29, 1.82) is 0 Å². The minimum absolute atomic E-state index is 0. The van der Waals surface area contributed by atoms with Crippen molar-refractivity contribution in [1.82, 2.24) is 5.32 Å². The topological polar surface area (TPSA) is 32.3 Å². The molecule has 0 amide bonds. The summed E-state index contributed by atoms with van der Waals surface area (Å²) >= 11 is 0. The Kier molecular flexibility index (Phi) is 9.02. The molecule has 2 N–H and O–H groups in total. The van der Waals surface area contributed by atoms with E-state index in [1.54, 1.807) is 0 Å². The Bertz CT molecular complexity index is 408. The molecule has 0 heterocycles. The van der Waals surface area contributed by atoms with E-state index in [9.17, 15) is 5.11 Å². The maximum Gasteiger partial charge on any atom is 0.119 e. The number of hydrogen-bond acceptors (Lipinski definition) is 2. The van der Waals surface area contributed by atoms with E-state index in [4.69, 9.17) is 0 Å². The van der Waals surface area contributed by atoms with Crippen LogP contribution in [0, 0.1) is 0 Å². The molecule has 21 heavy (non-hydrogen) atoms. The van der Waals surface area contributed by atoms with Crippen molar-refractivity contribution in [2.75, 3.05) is 6.54 Å². The predicted molar refractivity (Wildman–Crippen MR) is 95.6 cm³/mol. The summed E-state index contributed by atoms with van der Waals surface area (Å²) in [5, 5.41) is 13.5. The molecule has 0 radical (unpaired) electrons. The molecule has 3 heteroatoms. The lowest BCUT2D eigenvalue weighted by Gasteiger charge is -2.26. The molecule has 0 aliphatic heterocycles. The van der Waals surface area contributed by atoms with Gasteiger partial charge in [0.2, 0.25) is 0 Å². The van der Waals surface area contributed by atoms with Crippen molar-refractivity contribution in [2.24, 2.45) is 0 Å².